The Balaban J connectivity index is 2.81. The van der Waals surface area contributed by atoms with E-state index in [1.54, 1.807) is 6.92 Å². The van der Waals surface area contributed by atoms with Gasteiger partial charge in [0.05, 0.1) is 11.5 Å². The van der Waals surface area contributed by atoms with Crippen LogP contribution in [0.15, 0.2) is 0 Å². The number of terminal acetylenes is 1. The van der Waals surface area contributed by atoms with Gasteiger partial charge in [-0.3, -0.25) is 4.79 Å². The predicted molar refractivity (Wildman–Crippen MR) is 41.8 cm³/mol. The molecule has 1 fully saturated rings. The molecular formula is C9H12O2. The molecule has 0 spiro atoms. The van der Waals surface area contributed by atoms with Gasteiger partial charge < -0.3 is 5.11 Å². The molecule has 0 amide bonds. The van der Waals surface area contributed by atoms with Crippen molar-refractivity contribution in [3.63, 3.8) is 0 Å². The van der Waals surface area contributed by atoms with Crippen molar-refractivity contribution >= 4 is 5.78 Å². The van der Waals surface area contributed by atoms with Gasteiger partial charge >= 0.3 is 0 Å². The summed E-state index contributed by atoms with van der Waals surface area (Å²) in [4.78, 5) is 11.2. The molecule has 1 aliphatic carbocycles. The lowest BCUT2D eigenvalue weighted by Crippen LogP contribution is -2.32. The molecule has 60 valence electrons. The lowest BCUT2D eigenvalue weighted by atomic mass is 9.82. The Morgan fingerprint density at radius 1 is 1.91 bits per heavy atom. The molecule has 0 heterocycles. The molecule has 0 aromatic rings. The topological polar surface area (TPSA) is 37.3 Å². The van der Waals surface area contributed by atoms with Gasteiger partial charge in [-0.2, -0.15) is 0 Å². The Morgan fingerprint density at radius 2 is 2.55 bits per heavy atom. The highest BCUT2D eigenvalue weighted by Crippen LogP contribution is 2.37. The number of rotatable bonds is 1. The van der Waals surface area contributed by atoms with Crippen LogP contribution in [0, 0.1) is 17.8 Å². The maximum atomic E-state index is 11.2. The van der Waals surface area contributed by atoms with Crippen LogP contribution < -0.4 is 0 Å². The first-order valence-electron chi connectivity index (χ1n) is 3.76. The van der Waals surface area contributed by atoms with Gasteiger partial charge in [0.1, 0.15) is 5.78 Å². The van der Waals surface area contributed by atoms with E-state index in [2.05, 4.69) is 5.92 Å². The van der Waals surface area contributed by atoms with E-state index in [0.717, 1.165) is 0 Å². The number of carbonyl (C=O) groups excluding carboxylic acids is 1. The summed E-state index contributed by atoms with van der Waals surface area (Å²) < 4.78 is 0. The fourth-order valence-electron chi connectivity index (χ4n) is 1.49. The third kappa shape index (κ3) is 1.17. The minimum Gasteiger partial charge on any atom is -0.392 e. The molecule has 0 aromatic heterocycles. The minimum absolute atomic E-state index is 0.1000. The van der Waals surface area contributed by atoms with Crippen LogP contribution in [-0.2, 0) is 4.79 Å². The monoisotopic (exact) mass is 152 g/mol. The zero-order chi connectivity index (χ0) is 8.48. The summed E-state index contributed by atoms with van der Waals surface area (Å²) in [7, 11) is 0. The molecule has 2 heteroatoms. The van der Waals surface area contributed by atoms with Crippen molar-refractivity contribution in [2.75, 3.05) is 0 Å². The predicted octanol–water partition coefficient (Wildman–Crippen LogP) is 0.740. The maximum absolute atomic E-state index is 11.2. The summed E-state index contributed by atoms with van der Waals surface area (Å²) in [5.74, 6) is 2.53. The lowest BCUT2D eigenvalue weighted by molar-refractivity contribution is -0.127. The lowest BCUT2D eigenvalue weighted by Gasteiger charge is -2.23. The van der Waals surface area contributed by atoms with E-state index in [-0.39, 0.29) is 5.78 Å². The number of ketones is 1. The molecule has 2 unspecified atom stereocenters. The summed E-state index contributed by atoms with van der Waals surface area (Å²) in [5, 5.41) is 9.43. The second-order valence-corrected chi connectivity index (χ2v) is 3.28. The van der Waals surface area contributed by atoms with Crippen molar-refractivity contribution in [3.8, 4) is 12.3 Å². The molecule has 1 rings (SSSR count). The van der Waals surface area contributed by atoms with Gasteiger partial charge in [0.15, 0.2) is 0 Å². The third-order valence-corrected chi connectivity index (χ3v) is 2.49. The summed E-state index contributed by atoms with van der Waals surface area (Å²) in [6, 6.07) is 0. The molecule has 1 saturated carbocycles. The maximum Gasteiger partial charge on any atom is 0.142 e. The van der Waals surface area contributed by atoms with Gasteiger partial charge in [0.2, 0.25) is 0 Å². The van der Waals surface area contributed by atoms with Gasteiger partial charge in [0.25, 0.3) is 0 Å². The zero-order valence-corrected chi connectivity index (χ0v) is 6.63. The van der Waals surface area contributed by atoms with Crippen LogP contribution in [0.3, 0.4) is 0 Å². The van der Waals surface area contributed by atoms with Crippen molar-refractivity contribution in [2.24, 2.45) is 5.41 Å². The summed E-state index contributed by atoms with van der Waals surface area (Å²) in [6.45, 7) is 1.74. The molecule has 2 atom stereocenters. The number of aliphatic hydroxyl groups is 1. The normalized spacial score (nSPS) is 37.2. The zero-order valence-electron chi connectivity index (χ0n) is 6.63. The van der Waals surface area contributed by atoms with Crippen molar-refractivity contribution in [3.05, 3.63) is 0 Å². The Hall–Kier alpha value is -0.810. The van der Waals surface area contributed by atoms with Gasteiger partial charge in [-0.15, -0.1) is 12.3 Å². The van der Waals surface area contributed by atoms with Gasteiger partial charge in [0, 0.05) is 12.8 Å². The first-order valence-corrected chi connectivity index (χ1v) is 3.76. The average molecular weight is 152 g/mol. The van der Waals surface area contributed by atoms with Gasteiger partial charge in [-0.1, -0.05) is 0 Å². The quantitative estimate of drug-likeness (QED) is 0.563. The van der Waals surface area contributed by atoms with Gasteiger partial charge in [-0.25, -0.2) is 0 Å². The second-order valence-electron chi connectivity index (χ2n) is 3.28. The minimum atomic E-state index is -0.658. The first-order chi connectivity index (χ1) is 5.11. The molecule has 2 nitrogen and oxygen atoms in total. The van der Waals surface area contributed by atoms with E-state index < -0.39 is 11.5 Å². The standard InChI is InChI=1S/C9H12O2/c1-3-6-9(2)7(10)4-5-8(9)11/h1,7,10H,4-6H2,2H3. The van der Waals surface area contributed by atoms with Crippen LogP contribution >= 0.6 is 0 Å². The van der Waals surface area contributed by atoms with Gasteiger partial charge in [-0.05, 0) is 13.3 Å². The Bertz CT molecular complexity index is 214. The molecule has 1 N–H and O–H groups in total. The molecular weight excluding hydrogens is 140 g/mol. The molecule has 11 heavy (non-hydrogen) atoms. The molecule has 0 bridgehead atoms. The van der Waals surface area contributed by atoms with Crippen LogP contribution in [0.2, 0.25) is 0 Å². The molecule has 1 aliphatic rings. The highest BCUT2D eigenvalue weighted by molar-refractivity contribution is 5.87. The number of carbonyl (C=O) groups is 1. The largest absolute Gasteiger partial charge is 0.392 e. The van der Waals surface area contributed by atoms with Crippen molar-refractivity contribution < 1.29 is 9.90 Å². The number of aliphatic hydroxyl groups excluding tert-OH is 1. The average Bonchev–Trinajstić information content (AvgIpc) is 2.19. The summed E-state index contributed by atoms with van der Waals surface area (Å²) in [6.07, 6.45) is 5.96. The molecule has 0 saturated heterocycles. The summed E-state index contributed by atoms with van der Waals surface area (Å²) >= 11 is 0. The Morgan fingerprint density at radius 3 is 2.91 bits per heavy atom. The number of Topliss-reactive ketones (excluding diaryl/α,β-unsaturated/α-hetero) is 1. The SMILES string of the molecule is C#CCC1(C)C(=O)CCC1O. The van der Waals surface area contributed by atoms with Crippen LogP contribution in [-0.4, -0.2) is 17.0 Å². The van der Waals surface area contributed by atoms with Crippen LogP contribution in [0.5, 0.6) is 0 Å². The second kappa shape index (κ2) is 2.67. The van der Waals surface area contributed by atoms with E-state index in [0.29, 0.717) is 19.3 Å². The van der Waals surface area contributed by atoms with Crippen LogP contribution in [0.4, 0.5) is 0 Å². The number of hydrogen-bond acceptors (Lipinski definition) is 2. The fourth-order valence-corrected chi connectivity index (χ4v) is 1.49. The number of hydrogen-bond donors (Lipinski definition) is 1. The van der Waals surface area contributed by atoms with E-state index in [4.69, 9.17) is 6.42 Å². The van der Waals surface area contributed by atoms with Crippen molar-refractivity contribution in [1.82, 2.24) is 0 Å². The first kappa shape index (κ1) is 8.29. The highest BCUT2D eigenvalue weighted by atomic mass is 16.3. The van der Waals surface area contributed by atoms with Crippen LogP contribution in [0.1, 0.15) is 26.2 Å². The van der Waals surface area contributed by atoms with E-state index in [9.17, 15) is 9.90 Å². The summed E-state index contributed by atoms with van der Waals surface area (Å²) in [5.41, 5.74) is -0.658. The third-order valence-electron chi connectivity index (χ3n) is 2.49. The fraction of sp³-hybridized carbons (Fsp3) is 0.667. The highest BCUT2D eigenvalue weighted by Gasteiger charge is 2.44. The molecule has 0 aromatic carbocycles. The van der Waals surface area contributed by atoms with E-state index in [1.165, 1.54) is 0 Å². The van der Waals surface area contributed by atoms with Crippen LogP contribution in [0.25, 0.3) is 0 Å². The van der Waals surface area contributed by atoms with E-state index >= 15 is 0 Å². The Labute approximate surface area is 66.6 Å². The smallest absolute Gasteiger partial charge is 0.142 e. The molecule has 0 radical (unpaired) electrons. The van der Waals surface area contributed by atoms with Crippen molar-refractivity contribution in [1.29, 1.82) is 0 Å². The Kier molecular flexibility index (Phi) is 2.01. The van der Waals surface area contributed by atoms with Crippen molar-refractivity contribution in [2.45, 2.75) is 32.3 Å². The molecule has 0 aliphatic heterocycles. The van der Waals surface area contributed by atoms with E-state index in [1.807, 2.05) is 0 Å².